The fourth-order valence-corrected chi connectivity index (χ4v) is 0.523. The summed E-state index contributed by atoms with van der Waals surface area (Å²) >= 11 is 14.0. The Hall–Kier alpha value is -0.590. The molecular formula is C9H19ClN2O2S2. The van der Waals surface area contributed by atoms with Gasteiger partial charge in [-0.2, -0.15) is 0 Å². The van der Waals surface area contributed by atoms with Gasteiger partial charge in [0, 0.05) is 5.03 Å². The Morgan fingerprint density at radius 2 is 1.56 bits per heavy atom. The molecule has 16 heavy (non-hydrogen) atoms. The van der Waals surface area contributed by atoms with Crippen LogP contribution in [0.5, 0.6) is 0 Å². The first-order valence-electron chi connectivity index (χ1n) is 4.57. The first kappa shape index (κ1) is 20.8. The number of ether oxygens (including phenoxy) is 2. The van der Waals surface area contributed by atoms with Crippen molar-refractivity contribution in [3.8, 4) is 0 Å². The predicted molar refractivity (Wildman–Crippen MR) is 77.5 cm³/mol. The van der Waals surface area contributed by atoms with E-state index >= 15 is 0 Å². The van der Waals surface area contributed by atoms with E-state index in [1.54, 1.807) is 0 Å². The number of thiocarbonyl (C=S) groups is 2. The molecule has 0 aromatic carbocycles. The van der Waals surface area contributed by atoms with Crippen LogP contribution < -0.4 is 11.5 Å². The van der Waals surface area contributed by atoms with E-state index in [9.17, 15) is 0 Å². The molecule has 7 heteroatoms. The molecule has 0 rings (SSSR count). The number of rotatable bonds is 3. The highest BCUT2D eigenvalue weighted by Crippen LogP contribution is 1.95. The van der Waals surface area contributed by atoms with Crippen molar-refractivity contribution in [2.75, 3.05) is 13.2 Å². The van der Waals surface area contributed by atoms with E-state index in [2.05, 4.69) is 40.5 Å². The minimum Gasteiger partial charge on any atom is -0.472 e. The Bertz CT molecular complexity index is 200. The van der Waals surface area contributed by atoms with Crippen LogP contribution in [0.3, 0.4) is 0 Å². The highest BCUT2D eigenvalue weighted by molar-refractivity contribution is 7.80. The van der Waals surface area contributed by atoms with E-state index < -0.39 is 0 Å². The van der Waals surface area contributed by atoms with Gasteiger partial charge in [-0.15, -0.1) is 0 Å². The van der Waals surface area contributed by atoms with Gasteiger partial charge in [0.15, 0.2) is 0 Å². The summed E-state index contributed by atoms with van der Waals surface area (Å²) in [7, 11) is 0. The maximum Gasteiger partial charge on any atom is 0.254 e. The molecule has 0 aromatic rings. The maximum absolute atomic E-state index is 5.29. The molecule has 0 saturated carbocycles. The topological polar surface area (TPSA) is 70.5 Å². The highest BCUT2D eigenvalue weighted by Gasteiger charge is 1.88. The summed E-state index contributed by atoms with van der Waals surface area (Å²) in [4.78, 5) is 0. The SMILES string of the molecule is C=C(Cl)COC(N)=S.CC.CCOC(N)=S. The maximum atomic E-state index is 5.29. The van der Waals surface area contributed by atoms with Crippen LogP contribution in [0.15, 0.2) is 11.6 Å². The molecule has 0 aliphatic heterocycles. The molecule has 0 bridgehead atoms. The number of halogens is 1. The second-order valence-corrected chi connectivity index (χ2v) is 3.22. The van der Waals surface area contributed by atoms with Crippen LogP contribution in [0.4, 0.5) is 0 Å². The van der Waals surface area contributed by atoms with E-state index in [-0.39, 0.29) is 17.0 Å². The minimum absolute atomic E-state index is 0.00759. The molecule has 0 radical (unpaired) electrons. The van der Waals surface area contributed by atoms with Gasteiger partial charge in [-0.1, -0.05) is 32.0 Å². The summed E-state index contributed by atoms with van der Waals surface area (Å²) in [6, 6.07) is 0. The Morgan fingerprint density at radius 3 is 1.62 bits per heavy atom. The zero-order valence-corrected chi connectivity index (χ0v) is 12.2. The Kier molecular flexibility index (Phi) is 21.8. The number of nitrogens with two attached hydrogens (primary N) is 2. The molecular weight excluding hydrogens is 268 g/mol. The molecule has 96 valence electrons. The zero-order chi connectivity index (χ0) is 13.6. The lowest BCUT2D eigenvalue weighted by Gasteiger charge is -1.98. The fraction of sp³-hybridized carbons (Fsp3) is 0.556. The Balaban J connectivity index is -0.000000188. The first-order valence-corrected chi connectivity index (χ1v) is 5.77. The highest BCUT2D eigenvalue weighted by atomic mass is 35.5. The Labute approximate surface area is 113 Å². The lowest BCUT2D eigenvalue weighted by atomic mass is 10.7. The van der Waals surface area contributed by atoms with Gasteiger partial charge in [-0.3, -0.25) is 0 Å². The van der Waals surface area contributed by atoms with Crippen LogP contribution in [-0.4, -0.2) is 23.6 Å². The lowest BCUT2D eigenvalue weighted by molar-refractivity contribution is 0.331. The molecule has 0 amide bonds. The van der Waals surface area contributed by atoms with Gasteiger partial charge < -0.3 is 20.9 Å². The van der Waals surface area contributed by atoms with Crippen molar-refractivity contribution >= 4 is 46.4 Å². The smallest absolute Gasteiger partial charge is 0.254 e. The quantitative estimate of drug-likeness (QED) is 0.776. The minimum atomic E-state index is -0.00759. The van der Waals surface area contributed by atoms with Gasteiger partial charge in [0.25, 0.3) is 10.3 Å². The van der Waals surface area contributed by atoms with Gasteiger partial charge >= 0.3 is 0 Å². The second-order valence-electron chi connectivity index (χ2n) is 1.88. The molecule has 0 aliphatic rings. The van der Waals surface area contributed by atoms with E-state index in [1.807, 2.05) is 20.8 Å². The molecule has 0 aromatic heterocycles. The van der Waals surface area contributed by atoms with Crippen molar-refractivity contribution in [3.05, 3.63) is 11.6 Å². The third-order valence-corrected chi connectivity index (χ3v) is 1.00. The van der Waals surface area contributed by atoms with Crippen LogP contribution in [-0.2, 0) is 9.47 Å². The lowest BCUT2D eigenvalue weighted by Crippen LogP contribution is -2.12. The summed E-state index contributed by atoms with van der Waals surface area (Å²) < 4.78 is 9.13. The largest absolute Gasteiger partial charge is 0.472 e. The van der Waals surface area contributed by atoms with Crippen molar-refractivity contribution in [1.82, 2.24) is 0 Å². The van der Waals surface area contributed by atoms with Crippen LogP contribution in [0.1, 0.15) is 20.8 Å². The fourth-order valence-electron chi connectivity index (χ4n) is 0.292. The third kappa shape index (κ3) is 37.6. The van der Waals surface area contributed by atoms with E-state index in [4.69, 9.17) is 23.1 Å². The predicted octanol–water partition coefficient (Wildman–Crippen LogP) is 2.29. The summed E-state index contributed by atoms with van der Waals surface area (Å²) in [5.74, 6) is 0. The number of hydrogen-bond acceptors (Lipinski definition) is 4. The molecule has 0 fully saturated rings. The van der Waals surface area contributed by atoms with Crippen LogP contribution in [0, 0.1) is 0 Å². The van der Waals surface area contributed by atoms with Gasteiger partial charge in [-0.05, 0) is 31.4 Å². The van der Waals surface area contributed by atoms with Gasteiger partial charge in [0.2, 0.25) is 0 Å². The molecule has 0 spiro atoms. The third-order valence-electron chi connectivity index (χ3n) is 0.658. The molecule has 0 aliphatic carbocycles. The second kappa shape index (κ2) is 16.8. The molecule has 0 heterocycles. The molecule has 4 N–H and O–H groups in total. The van der Waals surface area contributed by atoms with E-state index in [1.165, 1.54) is 0 Å². The summed E-state index contributed by atoms with van der Waals surface area (Å²) in [6.45, 7) is 9.94. The number of hydrogen-bond donors (Lipinski definition) is 2. The van der Waals surface area contributed by atoms with E-state index in [0.717, 1.165) is 0 Å². The van der Waals surface area contributed by atoms with Crippen molar-refractivity contribution in [1.29, 1.82) is 0 Å². The molecule has 0 saturated heterocycles. The van der Waals surface area contributed by atoms with Crippen molar-refractivity contribution in [2.45, 2.75) is 20.8 Å². The van der Waals surface area contributed by atoms with Crippen molar-refractivity contribution < 1.29 is 9.47 Å². The van der Waals surface area contributed by atoms with Gasteiger partial charge in [-0.25, -0.2) is 0 Å². The Morgan fingerprint density at radius 1 is 1.19 bits per heavy atom. The normalized spacial score (nSPS) is 7.25. The standard InChI is InChI=1S/C4H6ClNOS.C3H7NOS.C2H6/c1-3(5)2-7-4(6)8;1-2-5-3(4)6;1-2/h1-2H2,(H2,6,8);2H2,1H3,(H2,4,6);1-2H3. The van der Waals surface area contributed by atoms with Gasteiger partial charge in [0.1, 0.15) is 6.61 Å². The first-order chi connectivity index (χ1) is 7.40. The van der Waals surface area contributed by atoms with Crippen LogP contribution in [0.2, 0.25) is 0 Å². The van der Waals surface area contributed by atoms with Crippen molar-refractivity contribution in [3.63, 3.8) is 0 Å². The molecule has 0 atom stereocenters. The molecule has 4 nitrogen and oxygen atoms in total. The summed E-state index contributed by atoms with van der Waals surface area (Å²) in [5.41, 5.74) is 9.86. The zero-order valence-electron chi connectivity index (χ0n) is 9.79. The summed E-state index contributed by atoms with van der Waals surface area (Å²) in [5, 5.41) is 0.502. The average molecular weight is 287 g/mol. The monoisotopic (exact) mass is 286 g/mol. The van der Waals surface area contributed by atoms with Gasteiger partial charge in [0.05, 0.1) is 6.61 Å². The van der Waals surface area contributed by atoms with Crippen molar-refractivity contribution in [2.24, 2.45) is 11.5 Å². The van der Waals surface area contributed by atoms with E-state index in [0.29, 0.717) is 11.6 Å². The van der Waals surface area contributed by atoms with Crippen LogP contribution >= 0.6 is 36.0 Å². The average Bonchev–Trinajstić information content (AvgIpc) is 2.18. The summed E-state index contributed by atoms with van der Waals surface area (Å²) in [6.07, 6.45) is 0. The molecule has 0 unspecified atom stereocenters. The van der Waals surface area contributed by atoms with Crippen LogP contribution in [0.25, 0.3) is 0 Å².